The Morgan fingerprint density at radius 2 is 1.87 bits per heavy atom. The monoisotopic (exact) mass is 435 g/mol. The van der Waals surface area contributed by atoms with Crippen molar-refractivity contribution in [2.24, 2.45) is 5.92 Å². The molecule has 1 aliphatic rings. The van der Waals surface area contributed by atoms with Gasteiger partial charge in [0.1, 0.15) is 5.82 Å². The molecule has 1 saturated heterocycles. The van der Waals surface area contributed by atoms with Gasteiger partial charge in [0.05, 0.1) is 10.4 Å². The average Bonchev–Trinajstić information content (AvgIpc) is 3.20. The summed E-state index contributed by atoms with van der Waals surface area (Å²) in [5.74, 6) is 1.36. The number of para-hydroxylation sites is 1. The molecule has 0 bridgehead atoms. The third-order valence-electron chi connectivity index (χ3n) is 6.20. The number of anilines is 1. The molecule has 0 aliphatic carbocycles. The van der Waals surface area contributed by atoms with Crippen LogP contribution in [0.4, 0.5) is 5.82 Å². The molecule has 1 unspecified atom stereocenters. The zero-order chi connectivity index (χ0) is 21.8. The van der Waals surface area contributed by atoms with E-state index in [-0.39, 0.29) is 15.6 Å². The molecule has 0 saturated carbocycles. The number of hydrogen-bond donors (Lipinski definition) is 0. The molecule has 0 radical (unpaired) electrons. The van der Waals surface area contributed by atoms with Gasteiger partial charge >= 0.3 is 0 Å². The fourth-order valence-electron chi connectivity index (χ4n) is 4.32. The molecule has 2 aromatic carbocycles. The second-order valence-corrected chi connectivity index (χ2v) is 10.4. The molecule has 5 rings (SSSR count). The van der Waals surface area contributed by atoms with Crippen molar-refractivity contribution in [2.75, 3.05) is 18.0 Å². The highest BCUT2D eigenvalue weighted by molar-refractivity contribution is 7.91. The molecule has 0 amide bonds. The van der Waals surface area contributed by atoms with Gasteiger partial charge in [-0.25, -0.2) is 13.4 Å². The second-order valence-electron chi connectivity index (χ2n) is 8.53. The van der Waals surface area contributed by atoms with Crippen LogP contribution >= 0.6 is 0 Å². The third-order valence-corrected chi connectivity index (χ3v) is 7.85. The van der Waals surface area contributed by atoms with E-state index < -0.39 is 9.84 Å². The van der Waals surface area contributed by atoms with Crippen LogP contribution in [0, 0.1) is 19.8 Å². The molecule has 160 valence electrons. The predicted molar refractivity (Wildman–Crippen MR) is 120 cm³/mol. The molecular weight excluding hydrogens is 410 g/mol. The van der Waals surface area contributed by atoms with Crippen molar-refractivity contribution in [2.45, 2.75) is 43.5 Å². The fraction of sp³-hybridized carbons (Fsp3) is 0.348. The first-order valence-corrected chi connectivity index (χ1v) is 12.1. The molecule has 8 heteroatoms. The minimum atomic E-state index is -3.86. The molecule has 2 aromatic heterocycles. The maximum atomic E-state index is 13.5. The normalized spacial score (nSPS) is 17.5. The summed E-state index contributed by atoms with van der Waals surface area (Å²) < 4.78 is 28.5. The van der Waals surface area contributed by atoms with Crippen LogP contribution in [0.15, 0.2) is 52.4 Å². The van der Waals surface area contributed by atoms with Crippen LogP contribution in [-0.2, 0) is 9.84 Å². The van der Waals surface area contributed by atoms with E-state index in [0.717, 1.165) is 47.4 Å². The van der Waals surface area contributed by atoms with Crippen LogP contribution in [0.1, 0.15) is 30.9 Å². The van der Waals surface area contributed by atoms with Crippen molar-refractivity contribution >= 4 is 32.2 Å². The number of hydrogen-bond acceptors (Lipinski definition) is 6. The molecule has 4 aromatic rings. The molecule has 1 aliphatic heterocycles. The van der Waals surface area contributed by atoms with Crippen LogP contribution < -0.4 is 4.90 Å². The van der Waals surface area contributed by atoms with E-state index in [1.54, 1.807) is 16.6 Å². The number of fused-ring (bicyclic) bond motifs is 3. The summed E-state index contributed by atoms with van der Waals surface area (Å²) in [4.78, 5) is 7.31. The number of aromatic nitrogens is 4. The van der Waals surface area contributed by atoms with Crippen molar-refractivity contribution in [1.82, 2.24) is 19.8 Å². The summed E-state index contributed by atoms with van der Waals surface area (Å²) in [6.07, 6.45) is 2.28. The molecule has 1 fully saturated rings. The van der Waals surface area contributed by atoms with Gasteiger partial charge in [0.25, 0.3) is 0 Å². The van der Waals surface area contributed by atoms with E-state index in [1.165, 1.54) is 6.42 Å². The summed E-state index contributed by atoms with van der Waals surface area (Å²) in [5.41, 5.74) is 3.02. The molecular formula is C23H25N5O2S. The lowest BCUT2D eigenvalue weighted by Crippen LogP contribution is -2.35. The standard InChI is InChI=1S/C23H25N5O2S/c1-15-7-6-12-27(14-15)21-19-8-4-5-9-20(19)28-22(24-21)23(25-26-28)31(29,30)18-11-10-16(2)17(3)13-18/h4-5,8-11,13,15H,6-7,12,14H2,1-3H3. The topological polar surface area (TPSA) is 80.5 Å². The van der Waals surface area contributed by atoms with E-state index >= 15 is 0 Å². The summed E-state index contributed by atoms with van der Waals surface area (Å²) in [6.45, 7) is 7.90. The Balaban J connectivity index is 1.75. The number of sulfone groups is 1. The highest BCUT2D eigenvalue weighted by Gasteiger charge is 2.29. The van der Waals surface area contributed by atoms with Gasteiger partial charge in [-0.2, -0.15) is 4.52 Å². The Kier molecular flexibility index (Phi) is 4.69. The van der Waals surface area contributed by atoms with Gasteiger partial charge in [0, 0.05) is 18.5 Å². The molecule has 3 heterocycles. The van der Waals surface area contributed by atoms with Gasteiger partial charge in [-0.15, -0.1) is 5.10 Å². The van der Waals surface area contributed by atoms with Crippen molar-refractivity contribution in [3.63, 3.8) is 0 Å². The average molecular weight is 436 g/mol. The maximum Gasteiger partial charge on any atom is 0.229 e. The quantitative estimate of drug-likeness (QED) is 0.485. The van der Waals surface area contributed by atoms with Gasteiger partial charge in [-0.1, -0.05) is 30.3 Å². The van der Waals surface area contributed by atoms with E-state index in [9.17, 15) is 8.42 Å². The summed E-state index contributed by atoms with van der Waals surface area (Å²) >= 11 is 0. The lowest BCUT2D eigenvalue weighted by atomic mass is 10.00. The zero-order valence-corrected chi connectivity index (χ0v) is 18.7. The highest BCUT2D eigenvalue weighted by Crippen LogP contribution is 2.32. The molecule has 0 spiro atoms. The van der Waals surface area contributed by atoms with Crippen molar-refractivity contribution in [3.8, 4) is 0 Å². The second kappa shape index (κ2) is 7.30. The summed E-state index contributed by atoms with van der Waals surface area (Å²) in [5, 5.41) is 9.12. The van der Waals surface area contributed by atoms with Crippen molar-refractivity contribution in [3.05, 3.63) is 53.6 Å². The van der Waals surface area contributed by atoms with Gasteiger partial charge in [-0.05, 0) is 68.0 Å². The van der Waals surface area contributed by atoms with Gasteiger partial charge < -0.3 is 4.90 Å². The Morgan fingerprint density at radius 3 is 2.65 bits per heavy atom. The Hall–Kier alpha value is -3.00. The van der Waals surface area contributed by atoms with E-state index in [2.05, 4.69) is 22.1 Å². The number of piperidine rings is 1. The van der Waals surface area contributed by atoms with Crippen LogP contribution in [0.3, 0.4) is 0 Å². The van der Waals surface area contributed by atoms with Gasteiger partial charge in [-0.3, -0.25) is 0 Å². The minimum Gasteiger partial charge on any atom is -0.356 e. The lowest BCUT2D eigenvalue weighted by molar-refractivity contribution is 0.445. The van der Waals surface area contributed by atoms with E-state index in [1.807, 2.05) is 44.2 Å². The first-order valence-electron chi connectivity index (χ1n) is 10.6. The predicted octanol–water partition coefficient (Wildman–Crippen LogP) is 3.96. The van der Waals surface area contributed by atoms with Crippen LogP contribution in [0.5, 0.6) is 0 Å². The maximum absolute atomic E-state index is 13.5. The van der Waals surface area contributed by atoms with E-state index in [4.69, 9.17) is 4.98 Å². The first-order chi connectivity index (χ1) is 14.9. The lowest BCUT2D eigenvalue weighted by Gasteiger charge is -2.32. The van der Waals surface area contributed by atoms with Crippen LogP contribution in [-0.4, -0.2) is 41.3 Å². The number of rotatable bonds is 3. The largest absolute Gasteiger partial charge is 0.356 e. The molecule has 7 nitrogen and oxygen atoms in total. The number of benzene rings is 2. The number of aryl methyl sites for hydroxylation is 2. The Morgan fingerprint density at radius 1 is 1.06 bits per heavy atom. The minimum absolute atomic E-state index is 0.104. The van der Waals surface area contributed by atoms with Gasteiger partial charge in [0.15, 0.2) is 5.65 Å². The van der Waals surface area contributed by atoms with Crippen LogP contribution in [0.25, 0.3) is 16.6 Å². The fourth-order valence-corrected chi connectivity index (χ4v) is 5.64. The first kappa shape index (κ1) is 19.9. The molecule has 1 atom stereocenters. The van der Waals surface area contributed by atoms with E-state index in [0.29, 0.717) is 5.92 Å². The molecule has 0 N–H and O–H groups in total. The molecule has 31 heavy (non-hydrogen) atoms. The summed E-state index contributed by atoms with van der Waals surface area (Å²) in [6, 6.07) is 13.0. The highest BCUT2D eigenvalue weighted by atomic mass is 32.2. The van der Waals surface area contributed by atoms with Gasteiger partial charge in [0.2, 0.25) is 14.9 Å². The van der Waals surface area contributed by atoms with Crippen LogP contribution in [0.2, 0.25) is 0 Å². The number of nitrogens with zero attached hydrogens (tertiary/aromatic N) is 5. The van der Waals surface area contributed by atoms with Crippen molar-refractivity contribution in [1.29, 1.82) is 0 Å². The Bertz CT molecular complexity index is 1410. The zero-order valence-electron chi connectivity index (χ0n) is 17.9. The Labute approximate surface area is 181 Å². The SMILES string of the molecule is Cc1ccc(S(=O)(=O)c2nnn3c2nc(N2CCCC(C)C2)c2ccccc23)cc1C. The smallest absolute Gasteiger partial charge is 0.229 e. The van der Waals surface area contributed by atoms with Crippen molar-refractivity contribution < 1.29 is 8.42 Å². The third kappa shape index (κ3) is 3.26. The summed E-state index contributed by atoms with van der Waals surface area (Å²) in [7, 11) is -3.86.